The summed E-state index contributed by atoms with van der Waals surface area (Å²) in [4.78, 5) is 0. The molecule has 2 nitrogen and oxygen atoms in total. The second-order valence-electron chi connectivity index (χ2n) is 6.73. The number of rotatable bonds is 4. The summed E-state index contributed by atoms with van der Waals surface area (Å²) in [6.07, 6.45) is 3.44. The molecule has 110 valence electrons. The van der Waals surface area contributed by atoms with Gasteiger partial charge in [0.1, 0.15) is 0 Å². The van der Waals surface area contributed by atoms with Crippen molar-refractivity contribution in [2.45, 2.75) is 63.9 Å². The van der Waals surface area contributed by atoms with E-state index in [2.05, 4.69) is 20.8 Å². The molecule has 2 heterocycles. The number of fused-ring (bicyclic) bond motifs is 2. The third-order valence-corrected chi connectivity index (χ3v) is 5.51. The maximum atomic E-state index is 6.38. The lowest BCUT2D eigenvalue weighted by atomic mass is 9.75. The van der Waals surface area contributed by atoms with E-state index >= 15 is 0 Å². The highest BCUT2D eigenvalue weighted by molar-refractivity contribution is 6.31. The van der Waals surface area contributed by atoms with E-state index in [4.69, 9.17) is 21.1 Å². The second kappa shape index (κ2) is 5.01. The molecule has 2 saturated heterocycles. The van der Waals surface area contributed by atoms with E-state index in [1.54, 1.807) is 0 Å². The first kappa shape index (κ1) is 14.4. The second-order valence-corrected chi connectivity index (χ2v) is 7.14. The van der Waals surface area contributed by atoms with Crippen molar-refractivity contribution in [1.82, 2.24) is 0 Å². The highest BCUT2D eigenvalue weighted by Crippen LogP contribution is 2.55. The first-order valence-electron chi connectivity index (χ1n) is 7.50. The molecule has 2 fully saturated rings. The van der Waals surface area contributed by atoms with Crippen LogP contribution in [0.15, 0.2) is 24.3 Å². The van der Waals surface area contributed by atoms with Crippen molar-refractivity contribution in [3.05, 3.63) is 34.9 Å². The zero-order valence-corrected chi connectivity index (χ0v) is 13.2. The summed E-state index contributed by atoms with van der Waals surface area (Å²) in [6, 6.07) is 7.88. The predicted octanol–water partition coefficient (Wildman–Crippen LogP) is 4.59. The third-order valence-electron chi connectivity index (χ3n) is 5.14. The molecule has 2 aliphatic heterocycles. The predicted molar refractivity (Wildman–Crippen MR) is 80.9 cm³/mol. The molecule has 1 aromatic rings. The molecule has 20 heavy (non-hydrogen) atoms. The van der Waals surface area contributed by atoms with Gasteiger partial charge in [-0.1, -0.05) is 43.6 Å². The van der Waals surface area contributed by atoms with E-state index in [-0.39, 0.29) is 17.3 Å². The minimum Gasteiger partial charge on any atom is -0.370 e. The summed E-state index contributed by atoms with van der Waals surface area (Å²) in [5.41, 5.74) is 0.963. The van der Waals surface area contributed by atoms with E-state index in [1.807, 2.05) is 24.3 Å². The summed E-state index contributed by atoms with van der Waals surface area (Å²) in [7, 11) is 0. The van der Waals surface area contributed by atoms with Crippen LogP contribution in [-0.2, 0) is 16.1 Å². The average molecular weight is 295 g/mol. The highest BCUT2D eigenvalue weighted by atomic mass is 35.5. The van der Waals surface area contributed by atoms with Crippen molar-refractivity contribution < 1.29 is 9.47 Å². The van der Waals surface area contributed by atoms with Crippen LogP contribution in [0.1, 0.15) is 45.6 Å². The molecule has 0 aromatic heterocycles. The van der Waals surface area contributed by atoms with Crippen molar-refractivity contribution in [1.29, 1.82) is 0 Å². The van der Waals surface area contributed by atoms with Crippen LogP contribution in [0.5, 0.6) is 0 Å². The van der Waals surface area contributed by atoms with Gasteiger partial charge in [-0.2, -0.15) is 0 Å². The van der Waals surface area contributed by atoms with E-state index in [9.17, 15) is 0 Å². The largest absolute Gasteiger partial charge is 0.370 e. The van der Waals surface area contributed by atoms with Crippen LogP contribution in [0.3, 0.4) is 0 Å². The van der Waals surface area contributed by atoms with Gasteiger partial charge in [-0.15, -0.1) is 0 Å². The lowest BCUT2D eigenvalue weighted by Gasteiger charge is -2.31. The highest BCUT2D eigenvalue weighted by Gasteiger charge is 2.60. The fourth-order valence-electron chi connectivity index (χ4n) is 3.61. The number of hydrogen-bond acceptors (Lipinski definition) is 2. The fraction of sp³-hybridized carbons (Fsp3) is 0.647. The molecule has 0 spiro atoms. The van der Waals surface area contributed by atoms with Gasteiger partial charge in [-0.05, 0) is 37.3 Å². The Kier molecular flexibility index (Phi) is 3.60. The smallest absolute Gasteiger partial charge is 0.0924 e. The molecule has 0 saturated carbocycles. The Labute approximate surface area is 126 Å². The van der Waals surface area contributed by atoms with Crippen molar-refractivity contribution in [2.75, 3.05) is 0 Å². The van der Waals surface area contributed by atoms with Crippen molar-refractivity contribution in [2.24, 2.45) is 5.92 Å². The number of ether oxygens (including phenoxy) is 2. The average Bonchev–Trinajstić information content (AvgIpc) is 2.90. The van der Waals surface area contributed by atoms with Gasteiger partial charge in [0.2, 0.25) is 0 Å². The van der Waals surface area contributed by atoms with Crippen LogP contribution in [-0.4, -0.2) is 17.3 Å². The third kappa shape index (κ3) is 2.28. The van der Waals surface area contributed by atoms with E-state index in [0.717, 1.165) is 29.8 Å². The molecule has 2 bridgehead atoms. The molecule has 0 radical (unpaired) electrons. The monoisotopic (exact) mass is 294 g/mol. The maximum Gasteiger partial charge on any atom is 0.0924 e. The molecule has 3 heteroatoms. The first-order chi connectivity index (χ1) is 9.45. The molecular formula is C17H23ClO2. The Balaban J connectivity index is 1.69. The minimum absolute atomic E-state index is 0.0277. The maximum absolute atomic E-state index is 6.38. The van der Waals surface area contributed by atoms with E-state index < -0.39 is 0 Å². The molecular weight excluding hydrogens is 272 g/mol. The first-order valence-corrected chi connectivity index (χ1v) is 7.88. The van der Waals surface area contributed by atoms with Crippen LogP contribution < -0.4 is 0 Å². The molecule has 0 N–H and O–H groups in total. The Morgan fingerprint density at radius 1 is 1.35 bits per heavy atom. The Bertz CT molecular complexity index is 502. The summed E-state index contributed by atoms with van der Waals surface area (Å²) in [6.45, 7) is 7.27. The SMILES string of the molecule is CC(C)[C@@]12CC[C@](C)(O1)[C@H](OCc1ccccc1Cl)C2. The molecule has 1 aromatic carbocycles. The van der Waals surface area contributed by atoms with Gasteiger partial charge in [0.25, 0.3) is 0 Å². The van der Waals surface area contributed by atoms with Gasteiger partial charge in [0, 0.05) is 11.4 Å². The van der Waals surface area contributed by atoms with E-state index in [1.165, 1.54) is 0 Å². The zero-order valence-electron chi connectivity index (χ0n) is 12.5. The quantitative estimate of drug-likeness (QED) is 0.808. The number of benzene rings is 1. The van der Waals surface area contributed by atoms with Gasteiger partial charge >= 0.3 is 0 Å². The minimum atomic E-state index is -0.120. The van der Waals surface area contributed by atoms with Crippen molar-refractivity contribution in [3.8, 4) is 0 Å². The van der Waals surface area contributed by atoms with Crippen LogP contribution in [0.2, 0.25) is 5.02 Å². The summed E-state index contributed by atoms with van der Waals surface area (Å²) < 4.78 is 12.6. The Morgan fingerprint density at radius 3 is 2.75 bits per heavy atom. The summed E-state index contributed by atoms with van der Waals surface area (Å²) in [5.74, 6) is 0.540. The van der Waals surface area contributed by atoms with Gasteiger partial charge in [-0.25, -0.2) is 0 Å². The van der Waals surface area contributed by atoms with Crippen LogP contribution in [0.25, 0.3) is 0 Å². The molecule has 0 unspecified atom stereocenters. The van der Waals surface area contributed by atoms with Crippen molar-refractivity contribution in [3.63, 3.8) is 0 Å². The fourth-order valence-corrected chi connectivity index (χ4v) is 3.80. The van der Waals surface area contributed by atoms with Gasteiger partial charge in [0.05, 0.1) is 23.9 Å². The normalized spacial score (nSPS) is 36.0. The number of hydrogen-bond donors (Lipinski definition) is 0. The Morgan fingerprint density at radius 2 is 2.10 bits per heavy atom. The topological polar surface area (TPSA) is 18.5 Å². The van der Waals surface area contributed by atoms with Crippen LogP contribution in [0, 0.1) is 5.92 Å². The molecule has 3 atom stereocenters. The zero-order chi connectivity index (χ0) is 14.4. The molecule has 0 aliphatic carbocycles. The summed E-state index contributed by atoms with van der Waals surface area (Å²) in [5, 5.41) is 0.778. The van der Waals surface area contributed by atoms with Crippen LogP contribution in [0.4, 0.5) is 0 Å². The van der Waals surface area contributed by atoms with Gasteiger partial charge < -0.3 is 9.47 Å². The van der Waals surface area contributed by atoms with Crippen LogP contribution >= 0.6 is 11.6 Å². The molecule has 2 aliphatic rings. The standard InChI is InChI=1S/C17H23ClO2/c1-12(2)17-9-8-16(3,20-17)15(10-17)19-11-13-6-4-5-7-14(13)18/h4-7,12,15H,8-11H2,1-3H3/t15-,16+,17+/m1/s1. The number of halogens is 1. The lowest BCUT2D eigenvalue weighted by molar-refractivity contribution is -0.0959. The molecule has 3 rings (SSSR count). The Hall–Kier alpha value is -0.570. The van der Waals surface area contributed by atoms with E-state index in [0.29, 0.717) is 12.5 Å². The molecule has 0 amide bonds. The van der Waals surface area contributed by atoms with Gasteiger partial charge in [0.15, 0.2) is 0 Å². The van der Waals surface area contributed by atoms with Gasteiger partial charge in [-0.3, -0.25) is 0 Å². The summed E-state index contributed by atoms with van der Waals surface area (Å²) >= 11 is 6.19. The lowest BCUT2D eigenvalue weighted by Crippen LogP contribution is -2.38. The van der Waals surface area contributed by atoms with Crippen molar-refractivity contribution >= 4 is 11.6 Å².